The van der Waals surface area contributed by atoms with Crippen molar-refractivity contribution in [3.05, 3.63) is 69.8 Å². The second kappa shape index (κ2) is 7.16. The molecular formula is C18H13FN4O4. The molecule has 0 aliphatic rings. The molecule has 0 unspecified atom stereocenters. The van der Waals surface area contributed by atoms with Gasteiger partial charge in [-0.2, -0.15) is 0 Å². The Kier molecular flexibility index (Phi) is 4.75. The van der Waals surface area contributed by atoms with Crippen LogP contribution in [0.1, 0.15) is 26.7 Å². The van der Waals surface area contributed by atoms with Crippen LogP contribution >= 0.6 is 0 Å². The summed E-state index contributed by atoms with van der Waals surface area (Å²) in [5.41, 5.74) is -0.297. The van der Waals surface area contributed by atoms with Crippen LogP contribution < -0.4 is 10.9 Å². The highest BCUT2D eigenvalue weighted by molar-refractivity contribution is 6.08. The minimum absolute atomic E-state index is 0.00369. The zero-order chi connectivity index (χ0) is 19.6. The van der Waals surface area contributed by atoms with E-state index in [1.165, 1.54) is 36.5 Å². The third-order valence-corrected chi connectivity index (χ3v) is 3.73. The molecule has 3 aromatic rings. The second-order valence-corrected chi connectivity index (χ2v) is 5.48. The average Bonchev–Trinajstić information content (AvgIpc) is 2.65. The van der Waals surface area contributed by atoms with Gasteiger partial charge in [-0.1, -0.05) is 0 Å². The van der Waals surface area contributed by atoms with Gasteiger partial charge in [0.25, 0.3) is 5.56 Å². The summed E-state index contributed by atoms with van der Waals surface area (Å²) >= 11 is 0. The van der Waals surface area contributed by atoms with E-state index in [-0.39, 0.29) is 17.1 Å². The molecule has 1 aromatic carbocycles. The Balaban J connectivity index is 1.98. The van der Waals surface area contributed by atoms with Crippen LogP contribution in [0.5, 0.6) is 0 Å². The summed E-state index contributed by atoms with van der Waals surface area (Å²) in [4.78, 5) is 45.6. The van der Waals surface area contributed by atoms with Crippen molar-refractivity contribution in [2.45, 2.75) is 0 Å². The quantitative estimate of drug-likeness (QED) is 0.465. The summed E-state index contributed by atoms with van der Waals surface area (Å²) < 4.78 is 13.7. The normalized spacial score (nSPS) is 11.0. The number of hydrogen-bond donors (Lipinski definition) is 3. The zero-order valence-corrected chi connectivity index (χ0v) is 14.0. The van der Waals surface area contributed by atoms with Crippen molar-refractivity contribution in [2.24, 2.45) is 0 Å². The predicted molar refractivity (Wildman–Crippen MR) is 96.4 cm³/mol. The van der Waals surface area contributed by atoms with Crippen molar-refractivity contribution in [3.8, 4) is 0 Å². The van der Waals surface area contributed by atoms with Crippen LogP contribution in [0.25, 0.3) is 17.0 Å². The number of benzene rings is 1. The largest absolute Gasteiger partial charge is 0.477 e. The van der Waals surface area contributed by atoms with E-state index in [9.17, 15) is 18.8 Å². The zero-order valence-electron chi connectivity index (χ0n) is 14.0. The topological polar surface area (TPSA) is 125 Å². The molecule has 3 rings (SSSR count). The van der Waals surface area contributed by atoms with Crippen molar-refractivity contribution < 1.29 is 19.1 Å². The van der Waals surface area contributed by atoms with Crippen LogP contribution in [0.15, 0.2) is 41.3 Å². The van der Waals surface area contributed by atoms with Gasteiger partial charge in [0.05, 0.1) is 16.8 Å². The standard InChI is InChI=1S/C18H13FN4O4/c1-20-13-8-10(19)6-9-7-11(17(25)23-16(9)13)14(24)2-3-15-21-5-4-12(22-15)18(26)27/h2-8,20H,1H3,(H,23,25)(H,26,27)/b3-2+. The minimum Gasteiger partial charge on any atom is -0.477 e. The molecule has 0 bridgehead atoms. The summed E-state index contributed by atoms with van der Waals surface area (Å²) in [6.07, 6.45) is 3.49. The Hall–Kier alpha value is -3.88. The van der Waals surface area contributed by atoms with Crippen LogP contribution in [0.2, 0.25) is 0 Å². The third-order valence-electron chi connectivity index (χ3n) is 3.73. The molecule has 0 amide bonds. The maximum Gasteiger partial charge on any atom is 0.354 e. The number of nitrogens with zero attached hydrogens (tertiary/aromatic N) is 2. The number of H-pyrrole nitrogens is 1. The molecule has 0 fully saturated rings. The van der Waals surface area contributed by atoms with Gasteiger partial charge in [-0.25, -0.2) is 19.2 Å². The number of hydrogen-bond acceptors (Lipinski definition) is 6. The van der Waals surface area contributed by atoms with Gasteiger partial charge in [-0.05, 0) is 36.4 Å². The van der Waals surface area contributed by atoms with Gasteiger partial charge in [-0.3, -0.25) is 9.59 Å². The van der Waals surface area contributed by atoms with Crippen LogP contribution in [0.4, 0.5) is 10.1 Å². The molecule has 0 saturated carbocycles. The van der Waals surface area contributed by atoms with Gasteiger partial charge < -0.3 is 15.4 Å². The molecule has 0 radical (unpaired) electrons. The first-order valence-corrected chi connectivity index (χ1v) is 7.72. The van der Waals surface area contributed by atoms with E-state index in [0.29, 0.717) is 16.6 Å². The van der Waals surface area contributed by atoms with E-state index in [1.54, 1.807) is 7.05 Å². The van der Waals surface area contributed by atoms with Gasteiger partial charge in [-0.15, -0.1) is 0 Å². The SMILES string of the molecule is CNc1cc(F)cc2cc(C(=O)/C=C/c3nccc(C(=O)O)n3)c(=O)[nH]c12. The maximum atomic E-state index is 13.7. The molecule has 9 heteroatoms. The number of carbonyl (C=O) groups is 2. The summed E-state index contributed by atoms with van der Waals surface area (Å²) in [5.74, 6) is -2.40. The van der Waals surface area contributed by atoms with Gasteiger partial charge in [0.2, 0.25) is 0 Å². The number of pyridine rings is 1. The van der Waals surface area contributed by atoms with Crippen molar-refractivity contribution >= 4 is 34.4 Å². The monoisotopic (exact) mass is 368 g/mol. The van der Waals surface area contributed by atoms with Crippen molar-refractivity contribution in [3.63, 3.8) is 0 Å². The lowest BCUT2D eigenvalue weighted by Crippen LogP contribution is -2.17. The Labute approximate surface area is 151 Å². The lowest BCUT2D eigenvalue weighted by molar-refractivity contribution is 0.0690. The highest BCUT2D eigenvalue weighted by Crippen LogP contribution is 2.22. The number of carboxylic acid groups (broad SMARTS) is 1. The minimum atomic E-state index is -1.23. The highest BCUT2D eigenvalue weighted by atomic mass is 19.1. The fourth-order valence-corrected chi connectivity index (χ4v) is 2.48. The third kappa shape index (κ3) is 3.71. The number of allylic oxidation sites excluding steroid dienone is 1. The van der Waals surface area contributed by atoms with E-state index >= 15 is 0 Å². The number of carboxylic acids is 1. The number of carbonyl (C=O) groups excluding carboxylic acids is 1. The van der Waals surface area contributed by atoms with E-state index < -0.39 is 23.1 Å². The Morgan fingerprint density at radius 3 is 2.78 bits per heavy atom. The van der Waals surface area contributed by atoms with Crippen LogP contribution in [-0.2, 0) is 0 Å². The first kappa shape index (κ1) is 17.9. The maximum absolute atomic E-state index is 13.7. The molecule has 0 atom stereocenters. The molecule has 0 spiro atoms. The first-order valence-electron chi connectivity index (χ1n) is 7.72. The summed E-state index contributed by atoms with van der Waals surface area (Å²) in [5, 5.41) is 12.0. The van der Waals surface area contributed by atoms with E-state index in [2.05, 4.69) is 20.3 Å². The number of aromatic carboxylic acids is 1. The van der Waals surface area contributed by atoms with Crippen molar-refractivity contribution in [1.29, 1.82) is 0 Å². The fraction of sp³-hybridized carbons (Fsp3) is 0.0556. The summed E-state index contributed by atoms with van der Waals surface area (Å²) in [6, 6.07) is 4.93. The molecule has 8 nitrogen and oxygen atoms in total. The second-order valence-electron chi connectivity index (χ2n) is 5.48. The molecule has 0 aliphatic heterocycles. The summed E-state index contributed by atoms with van der Waals surface area (Å²) in [7, 11) is 1.58. The number of anilines is 1. The predicted octanol–water partition coefficient (Wildman–Crippen LogP) is 2.09. The highest BCUT2D eigenvalue weighted by Gasteiger charge is 2.12. The Morgan fingerprint density at radius 1 is 1.30 bits per heavy atom. The van der Waals surface area contributed by atoms with Crippen molar-refractivity contribution in [1.82, 2.24) is 15.0 Å². The first-order chi connectivity index (χ1) is 12.9. The Bertz CT molecular complexity index is 1150. The lowest BCUT2D eigenvalue weighted by Gasteiger charge is -2.07. The molecule has 2 heterocycles. The summed E-state index contributed by atoms with van der Waals surface area (Å²) in [6.45, 7) is 0. The van der Waals surface area contributed by atoms with Gasteiger partial charge in [0.15, 0.2) is 17.3 Å². The number of aromatic amines is 1. The lowest BCUT2D eigenvalue weighted by atomic mass is 10.1. The van der Waals surface area contributed by atoms with Gasteiger partial charge >= 0.3 is 5.97 Å². The molecule has 27 heavy (non-hydrogen) atoms. The molecule has 3 N–H and O–H groups in total. The number of ketones is 1. The number of halogens is 1. The fourth-order valence-electron chi connectivity index (χ4n) is 2.48. The van der Waals surface area contributed by atoms with Crippen LogP contribution in [-0.4, -0.2) is 38.9 Å². The van der Waals surface area contributed by atoms with Crippen LogP contribution in [0, 0.1) is 5.82 Å². The number of fused-ring (bicyclic) bond motifs is 1. The number of aromatic nitrogens is 3. The molecular weight excluding hydrogens is 355 g/mol. The molecule has 0 saturated heterocycles. The number of rotatable bonds is 5. The van der Waals surface area contributed by atoms with Crippen LogP contribution in [0.3, 0.4) is 0 Å². The molecule has 136 valence electrons. The van der Waals surface area contributed by atoms with E-state index in [1.807, 2.05) is 0 Å². The van der Waals surface area contributed by atoms with Gasteiger partial charge in [0.1, 0.15) is 5.82 Å². The average molecular weight is 368 g/mol. The Morgan fingerprint density at radius 2 is 2.07 bits per heavy atom. The van der Waals surface area contributed by atoms with Gasteiger partial charge in [0, 0.05) is 18.6 Å². The van der Waals surface area contributed by atoms with E-state index in [4.69, 9.17) is 5.11 Å². The molecule has 2 aromatic heterocycles. The smallest absolute Gasteiger partial charge is 0.354 e. The number of nitrogens with one attached hydrogen (secondary N) is 2. The van der Waals surface area contributed by atoms with Crippen molar-refractivity contribution in [2.75, 3.05) is 12.4 Å². The molecule has 0 aliphatic carbocycles. The van der Waals surface area contributed by atoms with E-state index in [0.717, 1.165) is 6.08 Å².